The lowest BCUT2D eigenvalue weighted by molar-refractivity contribution is 0.414. The fourth-order valence-corrected chi connectivity index (χ4v) is 2.30. The van der Waals surface area contributed by atoms with Crippen molar-refractivity contribution in [2.45, 2.75) is 6.42 Å². The molecule has 0 spiro atoms. The molecule has 0 radical (unpaired) electrons. The molecule has 112 valence electrons. The van der Waals surface area contributed by atoms with E-state index in [0.717, 1.165) is 11.3 Å². The van der Waals surface area contributed by atoms with Gasteiger partial charge in [-0.25, -0.2) is 9.67 Å². The third-order valence-electron chi connectivity index (χ3n) is 3.37. The molecule has 0 aliphatic carbocycles. The summed E-state index contributed by atoms with van der Waals surface area (Å²) >= 11 is 5.76. The van der Waals surface area contributed by atoms with Crippen molar-refractivity contribution < 1.29 is 4.74 Å². The topological polar surface area (TPSA) is 59.9 Å². The van der Waals surface area contributed by atoms with Crippen molar-refractivity contribution in [2.24, 2.45) is 0 Å². The van der Waals surface area contributed by atoms with Crippen LogP contribution in [-0.4, -0.2) is 21.9 Å². The van der Waals surface area contributed by atoms with Crippen LogP contribution in [0.4, 0.5) is 0 Å². The van der Waals surface area contributed by atoms with Crippen LogP contribution in [0.3, 0.4) is 0 Å². The quantitative estimate of drug-likeness (QED) is 0.753. The second kappa shape index (κ2) is 6.07. The maximum atomic E-state index is 12.4. The summed E-state index contributed by atoms with van der Waals surface area (Å²) in [4.78, 5) is 16.4. The van der Waals surface area contributed by atoms with Gasteiger partial charge in [-0.05, 0) is 29.8 Å². The molecule has 0 aliphatic rings. The van der Waals surface area contributed by atoms with Crippen molar-refractivity contribution in [3.05, 3.63) is 75.4 Å². The minimum Gasteiger partial charge on any atom is -0.497 e. The number of rotatable bonds is 4. The first-order chi connectivity index (χ1) is 10.7. The predicted octanol–water partition coefficient (Wildman–Crippen LogP) is 2.81. The van der Waals surface area contributed by atoms with Crippen molar-refractivity contribution in [3.63, 3.8) is 0 Å². The third-order valence-corrected chi connectivity index (χ3v) is 3.59. The third kappa shape index (κ3) is 2.89. The summed E-state index contributed by atoms with van der Waals surface area (Å²) in [6.45, 7) is 0. The van der Waals surface area contributed by atoms with Gasteiger partial charge in [-0.3, -0.25) is 9.89 Å². The number of ether oxygens (including phenoxy) is 1. The first-order valence-electron chi connectivity index (χ1n) is 6.71. The largest absolute Gasteiger partial charge is 0.497 e. The van der Waals surface area contributed by atoms with E-state index in [1.807, 2.05) is 24.3 Å². The number of aromatic nitrogens is 3. The van der Waals surface area contributed by atoms with Crippen LogP contribution in [0.15, 0.2) is 53.6 Å². The molecule has 1 aromatic carbocycles. The first-order valence-corrected chi connectivity index (χ1v) is 7.09. The summed E-state index contributed by atoms with van der Waals surface area (Å²) in [5.74, 6) is 0.794. The molecule has 2 heterocycles. The maximum Gasteiger partial charge on any atom is 0.274 e. The molecule has 6 heteroatoms. The van der Waals surface area contributed by atoms with Crippen molar-refractivity contribution >= 4 is 11.6 Å². The van der Waals surface area contributed by atoms with Gasteiger partial charge in [-0.2, -0.15) is 0 Å². The number of benzene rings is 1. The molecular weight excluding hydrogens is 302 g/mol. The average molecular weight is 316 g/mol. The lowest BCUT2D eigenvalue weighted by Crippen LogP contribution is -2.17. The second-order valence-electron chi connectivity index (χ2n) is 4.80. The number of H-pyrrole nitrogens is 1. The molecule has 3 aromatic rings. The van der Waals surface area contributed by atoms with Crippen LogP contribution in [0, 0.1) is 0 Å². The van der Waals surface area contributed by atoms with Crippen LogP contribution < -0.4 is 10.3 Å². The Bertz CT molecular complexity index is 820. The Morgan fingerprint density at radius 3 is 2.64 bits per heavy atom. The van der Waals surface area contributed by atoms with Gasteiger partial charge >= 0.3 is 0 Å². The Kier molecular flexibility index (Phi) is 3.98. The highest BCUT2D eigenvalue weighted by Crippen LogP contribution is 2.14. The molecule has 0 amide bonds. The van der Waals surface area contributed by atoms with E-state index in [0.29, 0.717) is 22.8 Å². The monoisotopic (exact) mass is 315 g/mol. The van der Waals surface area contributed by atoms with Crippen LogP contribution in [0.25, 0.3) is 5.69 Å². The van der Waals surface area contributed by atoms with Crippen LogP contribution in [0.2, 0.25) is 5.15 Å². The number of aromatic amines is 1. The molecule has 0 aliphatic heterocycles. The van der Waals surface area contributed by atoms with Crippen molar-refractivity contribution in [3.8, 4) is 11.4 Å². The smallest absolute Gasteiger partial charge is 0.274 e. The first kappa shape index (κ1) is 14.4. The Labute approximate surface area is 132 Å². The molecule has 1 N–H and O–H groups in total. The van der Waals surface area contributed by atoms with E-state index in [1.165, 1.54) is 4.68 Å². The summed E-state index contributed by atoms with van der Waals surface area (Å²) < 4.78 is 6.57. The number of nitrogens with one attached hydrogen (secondary N) is 1. The zero-order chi connectivity index (χ0) is 15.5. The Balaban J connectivity index is 1.86. The van der Waals surface area contributed by atoms with Gasteiger partial charge in [-0.1, -0.05) is 23.7 Å². The highest BCUT2D eigenvalue weighted by atomic mass is 35.5. The standard InChI is InChI=1S/C16H14ClN3O2/c1-22-14-5-2-11(3-6-14)8-12-9-19-20(16(12)21)13-4-7-15(17)18-10-13/h2-7,9-10,19H,8H2,1H3. The number of nitrogens with zero attached hydrogens (tertiary/aromatic N) is 2. The molecular formula is C16H14ClN3O2. The minimum absolute atomic E-state index is 0.0973. The molecule has 0 saturated heterocycles. The maximum absolute atomic E-state index is 12.4. The second-order valence-corrected chi connectivity index (χ2v) is 5.19. The number of hydrogen-bond acceptors (Lipinski definition) is 3. The van der Waals surface area contributed by atoms with E-state index in [1.54, 1.807) is 31.6 Å². The van der Waals surface area contributed by atoms with Gasteiger partial charge < -0.3 is 4.74 Å². The van der Waals surface area contributed by atoms with E-state index in [9.17, 15) is 4.79 Å². The van der Waals surface area contributed by atoms with Gasteiger partial charge in [0.25, 0.3) is 5.56 Å². The lowest BCUT2D eigenvalue weighted by atomic mass is 10.1. The van der Waals surface area contributed by atoms with E-state index < -0.39 is 0 Å². The van der Waals surface area contributed by atoms with Crippen LogP contribution in [0.1, 0.15) is 11.1 Å². The van der Waals surface area contributed by atoms with Crippen molar-refractivity contribution in [2.75, 3.05) is 7.11 Å². The fourth-order valence-electron chi connectivity index (χ4n) is 2.19. The van der Waals surface area contributed by atoms with Gasteiger partial charge in [0.05, 0.1) is 19.0 Å². The van der Waals surface area contributed by atoms with Crippen molar-refractivity contribution in [1.82, 2.24) is 14.8 Å². The molecule has 0 bridgehead atoms. The van der Waals surface area contributed by atoms with Gasteiger partial charge in [0.1, 0.15) is 10.9 Å². The van der Waals surface area contributed by atoms with E-state index in [-0.39, 0.29) is 5.56 Å². The highest BCUT2D eigenvalue weighted by molar-refractivity contribution is 6.29. The van der Waals surface area contributed by atoms with E-state index in [4.69, 9.17) is 16.3 Å². The number of halogens is 1. The van der Waals surface area contributed by atoms with Gasteiger partial charge in [0.15, 0.2) is 0 Å². The molecule has 2 aromatic heterocycles. The van der Waals surface area contributed by atoms with Crippen molar-refractivity contribution in [1.29, 1.82) is 0 Å². The zero-order valence-corrected chi connectivity index (χ0v) is 12.7. The fraction of sp³-hybridized carbons (Fsp3) is 0.125. The average Bonchev–Trinajstić information content (AvgIpc) is 2.90. The normalized spacial score (nSPS) is 10.6. The molecule has 0 saturated carbocycles. The summed E-state index contributed by atoms with van der Waals surface area (Å²) in [5, 5.41) is 3.34. The molecule has 3 rings (SSSR count). The van der Waals surface area contributed by atoms with Crippen LogP contribution in [0.5, 0.6) is 5.75 Å². The Morgan fingerprint density at radius 2 is 2.00 bits per heavy atom. The summed E-state index contributed by atoms with van der Waals surface area (Å²) in [6, 6.07) is 11.0. The molecule has 22 heavy (non-hydrogen) atoms. The van der Waals surface area contributed by atoms with Gasteiger partial charge in [-0.15, -0.1) is 0 Å². The predicted molar refractivity (Wildman–Crippen MR) is 85.0 cm³/mol. The summed E-state index contributed by atoms with van der Waals surface area (Å²) in [6.07, 6.45) is 3.81. The SMILES string of the molecule is COc1ccc(Cc2c[nH]n(-c3ccc(Cl)nc3)c2=O)cc1. The molecule has 0 unspecified atom stereocenters. The highest BCUT2D eigenvalue weighted by Gasteiger charge is 2.09. The van der Waals surface area contributed by atoms with Crippen LogP contribution >= 0.6 is 11.6 Å². The van der Waals surface area contributed by atoms with Gasteiger partial charge in [0.2, 0.25) is 0 Å². The Morgan fingerprint density at radius 1 is 1.23 bits per heavy atom. The number of pyridine rings is 1. The summed E-state index contributed by atoms with van der Waals surface area (Å²) in [5.41, 5.74) is 2.27. The Hall–Kier alpha value is -2.53. The van der Waals surface area contributed by atoms with E-state index in [2.05, 4.69) is 10.1 Å². The minimum atomic E-state index is -0.0973. The molecule has 0 fully saturated rings. The molecule has 5 nitrogen and oxygen atoms in total. The van der Waals surface area contributed by atoms with Gasteiger partial charge in [0, 0.05) is 18.2 Å². The molecule has 0 atom stereocenters. The summed E-state index contributed by atoms with van der Waals surface area (Å²) in [7, 11) is 1.62. The number of hydrogen-bond donors (Lipinski definition) is 1. The zero-order valence-electron chi connectivity index (χ0n) is 11.9. The van der Waals surface area contributed by atoms with E-state index >= 15 is 0 Å². The van der Waals surface area contributed by atoms with Crippen LogP contribution in [-0.2, 0) is 6.42 Å². The number of methoxy groups -OCH3 is 1. The lowest BCUT2D eigenvalue weighted by Gasteiger charge is -2.02.